The molecule has 4 heteroatoms. The molecule has 4 nitrogen and oxygen atoms in total. The second-order valence-corrected chi connectivity index (χ2v) is 6.62. The molecular weight excluding hydrogens is 298 g/mol. The molecule has 2 rings (SSSR count). The minimum atomic E-state index is 0.267. The fraction of sp³-hybridized carbons (Fsp3) is 0.650. The Morgan fingerprint density at radius 1 is 1.17 bits per heavy atom. The molecule has 1 saturated carbocycles. The summed E-state index contributed by atoms with van der Waals surface area (Å²) >= 11 is 0. The quantitative estimate of drug-likeness (QED) is 0.392. The largest absolute Gasteiger partial charge is 0.382 e. The molecule has 0 amide bonds. The lowest BCUT2D eigenvalue weighted by Crippen LogP contribution is -2.38. The standard InChI is InChI=1S/C20H33N3O/c1-4-21-19(22-14-8-9-15-24-5-2)23-16-20(12-13-20)18-11-7-6-10-17(18)3/h6-7,10-11H,4-5,8-9,12-16H2,1-3H3,(H2,21,22,23). The van der Waals surface area contributed by atoms with Crippen LogP contribution in [0.3, 0.4) is 0 Å². The molecule has 0 atom stereocenters. The molecule has 2 N–H and O–H groups in total. The number of hydrogen-bond acceptors (Lipinski definition) is 2. The van der Waals surface area contributed by atoms with Crippen LogP contribution in [-0.2, 0) is 10.2 Å². The molecule has 1 aliphatic rings. The Kier molecular flexibility index (Phi) is 7.57. The van der Waals surface area contributed by atoms with Crippen molar-refractivity contribution in [1.82, 2.24) is 10.6 Å². The average molecular weight is 332 g/mol. The first-order valence-electron chi connectivity index (χ1n) is 9.38. The summed E-state index contributed by atoms with van der Waals surface area (Å²) in [6, 6.07) is 8.74. The molecule has 0 radical (unpaired) electrons. The molecule has 1 aromatic rings. The van der Waals surface area contributed by atoms with Crippen molar-refractivity contribution in [3.8, 4) is 0 Å². The van der Waals surface area contributed by atoms with Gasteiger partial charge in [-0.05, 0) is 57.6 Å². The van der Waals surface area contributed by atoms with E-state index in [2.05, 4.69) is 48.7 Å². The van der Waals surface area contributed by atoms with E-state index in [9.17, 15) is 0 Å². The Hall–Kier alpha value is -1.55. The van der Waals surface area contributed by atoms with Gasteiger partial charge in [-0.3, -0.25) is 4.99 Å². The summed E-state index contributed by atoms with van der Waals surface area (Å²) in [4.78, 5) is 4.86. The third-order valence-electron chi connectivity index (χ3n) is 4.67. The maximum Gasteiger partial charge on any atom is 0.191 e. The van der Waals surface area contributed by atoms with Crippen LogP contribution in [0.1, 0.15) is 50.7 Å². The summed E-state index contributed by atoms with van der Waals surface area (Å²) in [6.07, 6.45) is 4.69. The number of ether oxygens (including phenoxy) is 1. The van der Waals surface area contributed by atoms with Crippen LogP contribution in [0.25, 0.3) is 0 Å². The molecule has 0 bridgehead atoms. The van der Waals surface area contributed by atoms with Crippen molar-refractivity contribution in [3.05, 3.63) is 35.4 Å². The lowest BCUT2D eigenvalue weighted by molar-refractivity contribution is 0.143. The van der Waals surface area contributed by atoms with Gasteiger partial charge in [-0.2, -0.15) is 0 Å². The van der Waals surface area contributed by atoms with Crippen LogP contribution in [0, 0.1) is 6.92 Å². The van der Waals surface area contributed by atoms with Crippen molar-refractivity contribution in [2.24, 2.45) is 4.99 Å². The van der Waals surface area contributed by atoms with Crippen molar-refractivity contribution < 1.29 is 4.74 Å². The number of benzene rings is 1. The minimum absolute atomic E-state index is 0.267. The lowest BCUT2D eigenvalue weighted by atomic mass is 9.92. The normalized spacial score (nSPS) is 16.0. The van der Waals surface area contributed by atoms with Gasteiger partial charge in [0.05, 0.1) is 6.54 Å². The van der Waals surface area contributed by atoms with Gasteiger partial charge in [0.1, 0.15) is 0 Å². The molecule has 1 aromatic carbocycles. The van der Waals surface area contributed by atoms with Gasteiger partial charge in [-0.25, -0.2) is 0 Å². The van der Waals surface area contributed by atoms with E-state index in [1.165, 1.54) is 24.0 Å². The SMILES string of the molecule is CCNC(=NCC1(c2ccccc2C)CC1)NCCCCOCC. The molecule has 0 heterocycles. The predicted molar refractivity (Wildman–Crippen MR) is 102 cm³/mol. The average Bonchev–Trinajstić information content (AvgIpc) is 3.37. The highest BCUT2D eigenvalue weighted by molar-refractivity contribution is 5.79. The fourth-order valence-corrected chi connectivity index (χ4v) is 3.08. The summed E-state index contributed by atoms with van der Waals surface area (Å²) in [5.41, 5.74) is 3.13. The van der Waals surface area contributed by atoms with Crippen molar-refractivity contribution in [2.75, 3.05) is 32.8 Å². The number of guanidine groups is 1. The highest BCUT2D eigenvalue weighted by Gasteiger charge is 2.44. The van der Waals surface area contributed by atoms with Crippen molar-refractivity contribution >= 4 is 5.96 Å². The Balaban J connectivity index is 1.85. The zero-order chi connectivity index (χ0) is 17.3. The highest BCUT2D eigenvalue weighted by atomic mass is 16.5. The van der Waals surface area contributed by atoms with E-state index >= 15 is 0 Å². The van der Waals surface area contributed by atoms with E-state index in [1.807, 2.05) is 6.92 Å². The van der Waals surface area contributed by atoms with E-state index in [1.54, 1.807) is 0 Å². The van der Waals surface area contributed by atoms with E-state index in [0.717, 1.165) is 51.6 Å². The topological polar surface area (TPSA) is 45.7 Å². The number of rotatable bonds is 10. The first-order valence-corrected chi connectivity index (χ1v) is 9.38. The van der Waals surface area contributed by atoms with Gasteiger partial charge in [-0.15, -0.1) is 0 Å². The second kappa shape index (κ2) is 9.67. The van der Waals surface area contributed by atoms with Gasteiger partial charge in [0.2, 0.25) is 0 Å². The van der Waals surface area contributed by atoms with E-state index in [0.29, 0.717) is 0 Å². The van der Waals surface area contributed by atoms with Crippen molar-refractivity contribution in [2.45, 2.75) is 51.9 Å². The smallest absolute Gasteiger partial charge is 0.191 e. The molecule has 0 unspecified atom stereocenters. The first-order chi connectivity index (χ1) is 11.7. The molecule has 0 spiro atoms. The molecule has 0 aliphatic heterocycles. The predicted octanol–water partition coefficient (Wildman–Crippen LogP) is 3.40. The Morgan fingerprint density at radius 3 is 2.62 bits per heavy atom. The van der Waals surface area contributed by atoms with E-state index in [-0.39, 0.29) is 5.41 Å². The second-order valence-electron chi connectivity index (χ2n) is 6.62. The molecule has 1 aliphatic carbocycles. The number of aliphatic imine (C=N–C) groups is 1. The van der Waals surface area contributed by atoms with Crippen LogP contribution in [0.4, 0.5) is 0 Å². The van der Waals surface area contributed by atoms with Crippen LogP contribution < -0.4 is 10.6 Å². The van der Waals surface area contributed by atoms with Crippen LogP contribution in [0.2, 0.25) is 0 Å². The number of nitrogens with zero attached hydrogens (tertiary/aromatic N) is 1. The number of nitrogens with one attached hydrogen (secondary N) is 2. The Labute approximate surface area is 147 Å². The summed E-state index contributed by atoms with van der Waals surface area (Å²) in [5.74, 6) is 0.939. The number of aryl methyl sites for hydroxylation is 1. The number of unbranched alkanes of at least 4 members (excludes halogenated alkanes) is 1. The van der Waals surface area contributed by atoms with Crippen molar-refractivity contribution in [3.63, 3.8) is 0 Å². The third kappa shape index (κ3) is 5.52. The summed E-state index contributed by atoms with van der Waals surface area (Å²) < 4.78 is 5.38. The summed E-state index contributed by atoms with van der Waals surface area (Å²) in [5, 5.41) is 6.81. The zero-order valence-electron chi connectivity index (χ0n) is 15.5. The molecule has 0 saturated heterocycles. The van der Waals surface area contributed by atoms with E-state index in [4.69, 9.17) is 9.73 Å². The van der Waals surface area contributed by atoms with Gasteiger partial charge in [0, 0.05) is 31.7 Å². The Morgan fingerprint density at radius 2 is 1.96 bits per heavy atom. The number of hydrogen-bond donors (Lipinski definition) is 2. The first kappa shape index (κ1) is 18.8. The maximum atomic E-state index is 5.38. The van der Waals surface area contributed by atoms with Gasteiger partial charge in [-0.1, -0.05) is 24.3 Å². The third-order valence-corrected chi connectivity index (χ3v) is 4.67. The van der Waals surface area contributed by atoms with Crippen LogP contribution in [0.5, 0.6) is 0 Å². The monoisotopic (exact) mass is 331 g/mol. The molecule has 0 aromatic heterocycles. The summed E-state index contributed by atoms with van der Waals surface area (Å²) in [7, 11) is 0. The molecule has 134 valence electrons. The maximum absolute atomic E-state index is 5.38. The zero-order valence-corrected chi connectivity index (χ0v) is 15.5. The molecule has 24 heavy (non-hydrogen) atoms. The van der Waals surface area contributed by atoms with E-state index < -0.39 is 0 Å². The van der Waals surface area contributed by atoms with Crippen LogP contribution in [0.15, 0.2) is 29.3 Å². The van der Waals surface area contributed by atoms with Gasteiger partial charge in [0.15, 0.2) is 5.96 Å². The van der Waals surface area contributed by atoms with Crippen LogP contribution in [-0.4, -0.2) is 38.8 Å². The van der Waals surface area contributed by atoms with Gasteiger partial charge >= 0.3 is 0 Å². The minimum Gasteiger partial charge on any atom is -0.382 e. The van der Waals surface area contributed by atoms with Gasteiger partial charge < -0.3 is 15.4 Å². The molecule has 1 fully saturated rings. The summed E-state index contributed by atoms with van der Waals surface area (Å²) in [6.45, 7) is 10.7. The molecular formula is C20H33N3O. The fourth-order valence-electron chi connectivity index (χ4n) is 3.08. The van der Waals surface area contributed by atoms with Gasteiger partial charge in [0.25, 0.3) is 0 Å². The Bertz CT molecular complexity index is 523. The van der Waals surface area contributed by atoms with Crippen molar-refractivity contribution in [1.29, 1.82) is 0 Å². The highest BCUT2D eigenvalue weighted by Crippen LogP contribution is 2.49. The van der Waals surface area contributed by atoms with Crippen LogP contribution >= 0.6 is 0 Å². The lowest BCUT2D eigenvalue weighted by Gasteiger charge is -2.18.